The monoisotopic (exact) mass is 328 g/mol. The first-order valence-electron chi connectivity index (χ1n) is 7.04. The molecule has 3 aromatic rings. The summed E-state index contributed by atoms with van der Waals surface area (Å²) in [6.07, 6.45) is 3.41. The molecule has 1 aromatic carbocycles. The molecule has 2 heterocycles. The highest BCUT2D eigenvalue weighted by atomic mass is 32.1. The van der Waals surface area contributed by atoms with Crippen molar-refractivity contribution in [2.45, 2.75) is 13.5 Å². The van der Waals surface area contributed by atoms with Crippen molar-refractivity contribution in [2.75, 3.05) is 12.4 Å². The van der Waals surface area contributed by atoms with Crippen LogP contribution in [-0.2, 0) is 6.54 Å². The predicted molar refractivity (Wildman–Crippen MR) is 91.0 cm³/mol. The van der Waals surface area contributed by atoms with Gasteiger partial charge in [0.1, 0.15) is 5.75 Å². The summed E-state index contributed by atoms with van der Waals surface area (Å²) >= 11 is 1.58. The number of aromatic nitrogens is 2. The number of benzene rings is 1. The molecule has 0 aliphatic rings. The molecule has 0 fully saturated rings. The first-order chi connectivity index (χ1) is 11.2. The van der Waals surface area contributed by atoms with Gasteiger partial charge in [0.05, 0.1) is 28.0 Å². The Morgan fingerprint density at radius 3 is 3.00 bits per heavy atom. The van der Waals surface area contributed by atoms with Crippen molar-refractivity contribution in [1.82, 2.24) is 15.3 Å². The molecule has 0 aliphatic carbocycles. The van der Waals surface area contributed by atoms with Gasteiger partial charge in [-0.3, -0.25) is 4.98 Å². The van der Waals surface area contributed by atoms with Gasteiger partial charge in [0.25, 0.3) is 0 Å². The van der Waals surface area contributed by atoms with Crippen LogP contribution in [0.25, 0.3) is 10.2 Å². The Hall–Kier alpha value is -2.67. The number of hydrogen-bond acceptors (Lipinski definition) is 5. The number of methoxy groups -OCH3 is 1. The summed E-state index contributed by atoms with van der Waals surface area (Å²) in [5.41, 5.74) is 2.42. The van der Waals surface area contributed by atoms with Crippen molar-refractivity contribution in [1.29, 1.82) is 0 Å². The van der Waals surface area contributed by atoms with Crippen molar-refractivity contribution in [3.05, 3.63) is 47.2 Å². The number of carbonyl (C=O) groups is 1. The number of rotatable bonds is 4. The van der Waals surface area contributed by atoms with Crippen LogP contribution in [-0.4, -0.2) is 23.1 Å². The predicted octanol–water partition coefficient (Wildman–Crippen LogP) is 3.33. The van der Waals surface area contributed by atoms with Gasteiger partial charge in [0.15, 0.2) is 0 Å². The zero-order chi connectivity index (χ0) is 16.2. The maximum atomic E-state index is 12.1. The molecule has 0 spiro atoms. The first-order valence-corrected chi connectivity index (χ1v) is 7.86. The lowest BCUT2D eigenvalue weighted by molar-refractivity contribution is 0.251. The average Bonchev–Trinajstić information content (AvgIpc) is 2.92. The van der Waals surface area contributed by atoms with Gasteiger partial charge in [-0.1, -0.05) is 6.07 Å². The molecule has 3 rings (SSSR count). The third kappa shape index (κ3) is 3.57. The molecular weight excluding hydrogens is 312 g/mol. The van der Waals surface area contributed by atoms with Crippen molar-refractivity contribution >= 4 is 33.3 Å². The van der Waals surface area contributed by atoms with Crippen LogP contribution in [0, 0.1) is 6.92 Å². The number of nitrogens with one attached hydrogen (secondary N) is 2. The summed E-state index contributed by atoms with van der Waals surface area (Å²) < 4.78 is 6.34. The van der Waals surface area contributed by atoms with E-state index in [1.54, 1.807) is 30.8 Å². The van der Waals surface area contributed by atoms with Gasteiger partial charge >= 0.3 is 6.03 Å². The average molecular weight is 328 g/mol. The van der Waals surface area contributed by atoms with Crippen molar-refractivity contribution in [3.8, 4) is 5.75 Å². The second-order valence-electron chi connectivity index (χ2n) is 4.92. The second-order valence-corrected chi connectivity index (χ2v) is 6.16. The first kappa shape index (κ1) is 15.2. The van der Waals surface area contributed by atoms with E-state index in [4.69, 9.17) is 4.74 Å². The van der Waals surface area contributed by atoms with Crippen molar-refractivity contribution in [3.63, 3.8) is 0 Å². The van der Waals surface area contributed by atoms with Gasteiger partial charge in [-0.15, -0.1) is 11.3 Å². The van der Waals surface area contributed by atoms with Gasteiger partial charge in [0.2, 0.25) is 0 Å². The fraction of sp³-hybridized carbons (Fsp3) is 0.188. The third-order valence-electron chi connectivity index (χ3n) is 3.24. The summed E-state index contributed by atoms with van der Waals surface area (Å²) in [6, 6.07) is 7.14. The topological polar surface area (TPSA) is 76.1 Å². The zero-order valence-electron chi connectivity index (χ0n) is 12.8. The number of fused-ring (bicyclic) bond motifs is 1. The van der Waals surface area contributed by atoms with Gasteiger partial charge in [0, 0.05) is 25.0 Å². The number of nitrogens with zero attached hydrogens (tertiary/aromatic N) is 2. The van der Waals surface area contributed by atoms with Crippen LogP contribution < -0.4 is 15.4 Å². The zero-order valence-corrected chi connectivity index (χ0v) is 13.6. The molecule has 0 radical (unpaired) electrons. The second kappa shape index (κ2) is 6.62. The molecule has 0 saturated heterocycles. The van der Waals surface area contributed by atoms with Gasteiger partial charge in [-0.2, -0.15) is 0 Å². The lowest BCUT2D eigenvalue weighted by Gasteiger charge is -2.11. The van der Waals surface area contributed by atoms with Gasteiger partial charge in [-0.05, 0) is 24.6 Å². The Kier molecular flexibility index (Phi) is 4.38. The molecule has 2 aromatic heterocycles. The SMILES string of the molecule is COc1cc2nc(C)sc2cc1NC(=O)NCc1cccnc1. The molecule has 23 heavy (non-hydrogen) atoms. The molecule has 6 nitrogen and oxygen atoms in total. The standard InChI is InChI=1S/C16H16N4O2S/c1-10-19-13-6-14(22-2)12(7-15(13)23-10)20-16(21)18-9-11-4-3-5-17-8-11/h3-8H,9H2,1-2H3,(H2,18,20,21). The van der Waals surface area contributed by atoms with E-state index in [1.807, 2.05) is 31.2 Å². The minimum atomic E-state index is -0.298. The number of hydrogen-bond donors (Lipinski definition) is 2. The van der Waals surface area contributed by atoms with E-state index in [9.17, 15) is 4.79 Å². The normalized spacial score (nSPS) is 10.5. The van der Waals surface area contributed by atoms with E-state index >= 15 is 0 Å². The lowest BCUT2D eigenvalue weighted by atomic mass is 10.2. The van der Waals surface area contributed by atoms with E-state index in [1.165, 1.54) is 0 Å². The molecule has 2 N–H and O–H groups in total. The highest BCUT2D eigenvalue weighted by Gasteiger charge is 2.11. The molecule has 0 saturated carbocycles. The van der Waals surface area contributed by atoms with E-state index < -0.39 is 0 Å². The van der Waals surface area contributed by atoms with Crippen molar-refractivity contribution < 1.29 is 9.53 Å². The number of ether oxygens (including phenoxy) is 1. The minimum absolute atomic E-state index is 0.298. The van der Waals surface area contributed by atoms with Crippen LogP contribution >= 0.6 is 11.3 Å². The third-order valence-corrected chi connectivity index (χ3v) is 4.17. The van der Waals surface area contributed by atoms with Crippen LogP contribution in [0.4, 0.5) is 10.5 Å². The van der Waals surface area contributed by atoms with Gasteiger partial charge < -0.3 is 15.4 Å². The Balaban J connectivity index is 1.73. The van der Waals surface area contributed by atoms with Crippen molar-refractivity contribution in [2.24, 2.45) is 0 Å². The van der Waals surface area contributed by atoms with Crippen LogP contribution in [0.2, 0.25) is 0 Å². The Morgan fingerprint density at radius 1 is 1.39 bits per heavy atom. The molecule has 118 valence electrons. The molecule has 0 aliphatic heterocycles. The lowest BCUT2D eigenvalue weighted by Crippen LogP contribution is -2.28. The van der Waals surface area contributed by atoms with Gasteiger partial charge in [-0.25, -0.2) is 9.78 Å². The maximum Gasteiger partial charge on any atom is 0.319 e. The van der Waals surface area contributed by atoms with E-state index in [-0.39, 0.29) is 6.03 Å². The summed E-state index contributed by atoms with van der Waals surface area (Å²) in [5, 5.41) is 6.58. The molecule has 7 heteroatoms. The van der Waals surface area contributed by atoms with E-state index in [2.05, 4.69) is 20.6 Å². The maximum absolute atomic E-state index is 12.1. The number of pyridine rings is 1. The molecule has 0 bridgehead atoms. The van der Waals surface area contributed by atoms with Crippen LogP contribution in [0.5, 0.6) is 5.75 Å². The number of anilines is 1. The van der Waals surface area contributed by atoms with Crippen LogP contribution in [0.15, 0.2) is 36.7 Å². The fourth-order valence-corrected chi connectivity index (χ4v) is 3.04. The van der Waals surface area contributed by atoms with Crippen LogP contribution in [0.1, 0.15) is 10.6 Å². The summed E-state index contributed by atoms with van der Waals surface area (Å²) in [7, 11) is 1.57. The van der Waals surface area contributed by atoms with E-state index in [0.717, 1.165) is 20.8 Å². The summed E-state index contributed by atoms with van der Waals surface area (Å²) in [5.74, 6) is 0.583. The Morgan fingerprint density at radius 2 is 2.26 bits per heavy atom. The number of carbonyl (C=O) groups excluding carboxylic acids is 1. The number of aryl methyl sites for hydroxylation is 1. The highest BCUT2D eigenvalue weighted by Crippen LogP contribution is 2.32. The summed E-state index contributed by atoms with van der Waals surface area (Å²) in [6.45, 7) is 2.36. The number of thiazole rings is 1. The largest absolute Gasteiger partial charge is 0.494 e. The Labute approximate surface area is 137 Å². The quantitative estimate of drug-likeness (QED) is 0.770. The molecular formula is C16H16N4O2S. The highest BCUT2D eigenvalue weighted by molar-refractivity contribution is 7.18. The van der Waals surface area contributed by atoms with E-state index in [0.29, 0.717) is 18.0 Å². The molecule has 0 atom stereocenters. The minimum Gasteiger partial charge on any atom is -0.494 e. The summed E-state index contributed by atoms with van der Waals surface area (Å²) in [4.78, 5) is 20.5. The number of amides is 2. The molecule has 0 unspecified atom stereocenters. The Bertz CT molecular complexity index is 833. The smallest absolute Gasteiger partial charge is 0.319 e. The molecule has 2 amide bonds. The fourth-order valence-electron chi connectivity index (χ4n) is 2.19. The van der Waals surface area contributed by atoms with Crippen LogP contribution in [0.3, 0.4) is 0 Å². The number of urea groups is 1.